The topological polar surface area (TPSA) is 44.3 Å². The lowest BCUT2D eigenvalue weighted by Crippen LogP contribution is -2.47. The van der Waals surface area contributed by atoms with E-state index in [0.29, 0.717) is 0 Å². The van der Waals surface area contributed by atoms with E-state index >= 15 is 0 Å². The molecule has 0 bridgehead atoms. The molecule has 1 N–H and O–H groups in total. The quantitative estimate of drug-likeness (QED) is 0.890. The summed E-state index contributed by atoms with van der Waals surface area (Å²) in [5.41, 5.74) is 0. The highest BCUT2D eigenvalue weighted by atomic mass is 15.3. The molecule has 112 valence electrons. The molecule has 5 heteroatoms. The molecule has 0 unspecified atom stereocenters. The molecule has 1 saturated heterocycles. The standard InChI is InChI=1S/C15H27N5/c1-5-13-17-14(16-4)10-15(18-13)20-8-6-19(7-9-20)11-12(2)3/h10,12H,5-9,11H2,1-4H3,(H,16,17,18). The summed E-state index contributed by atoms with van der Waals surface area (Å²) in [6, 6.07) is 2.05. The number of aromatic nitrogens is 2. The van der Waals surface area contributed by atoms with E-state index in [1.807, 2.05) is 7.05 Å². The van der Waals surface area contributed by atoms with Crippen LogP contribution >= 0.6 is 0 Å². The van der Waals surface area contributed by atoms with Crippen molar-refractivity contribution < 1.29 is 0 Å². The molecule has 1 aliphatic rings. The van der Waals surface area contributed by atoms with Gasteiger partial charge >= 0.3 is 0 Å². The third-order valence-electron chi connectivity index (χ3n) is 3.65. The lowest BCUT2D eigenvalue weighted by atomic mass is 10.2. The maximum Gasteiger partial charge on any atom is 0.134 e. The van der Waals surface area contributed by atoms with Gasteiger partial charge in [-0.25, -0.2) is 9.97 Å². The summed E-state index contributed by atoms with van der Waals surface area (Å²) in [5, 5.41) is 3.13. The lowest BCUT2D eigenvalue weighted by molar-refractivity contribution is 0.231. The van der Waals surface area contributed by atoms with E-state index in [9.17, 15) is 0 Å². The van der Waals surface area contributed by atoms with Gasteiger partial charge in [0.25, 0.3) is 0 Å². The minimum absolute atomic E-state index is 0.739. The number of piperazine rings is 1. The molecule has 20 heavy (non-hydrogen) atoms. The van der Waals surface area contributed by atoms with Crippen molar-refractivity contribution in [3.63, 3.8) is 0 Å². The summed E-state index contributed by atoms with van der Waals surface area (Å²) in [4.78, 5) is 14.0. The zero-order valence-electron chi connectivity index (χ0n) is 13.2. The Morgan fingerprint density at radius 3 is 2.45 bits per heavy atom. The molecule has 0 aromatic carbocycles. The van der Waals surface area contributed by atoms with E-state index in [0.717, 1.165) is 56.0 Å². The van der Waals surface area contributed by atoms with Crippen LogP contribution in [0.3, 0.4) is 0 Å². The molecule has 0 atom stereocenters. The summed E-state index contributed by atoms with van der Waals surface area (Å²) in [7, 11) is 1.91. The highest BCUT2D eigenvalue weighted by Crippen LogP contribution is 2.18. The summed E-state index contributed by atoms with van der Waals surface area (Å²) in [6.45, 7) is 12.2. The molecule has 1 aromatic heterocycles. The molecule has 0 spiro atoms. The Kier molecular flexibility index (Phi) is 5.17. The monoisotopic (exact) mass is 277 g/mol. The van der Waals surface area contributed by atoms with Gasteiger partial charge in [0.05, 0.1) is 0 Å². The summed E-state index contributed by atoms with van der Waals surface area (Å²) in [6.07, 6.45) is 0.871. The summed E-state index contributed by atoms with van der Waals surface area (Å²) in [5.74, 6) is 3.63. The van der Waals surface area contributed by atoms with Gasteiger partial charge in [-0.15, -0.1) is 0 Å². The molecule has 2 rings (SSSR count). The van der Waals surface area contributed by atoms with Crippen molar-refractivity contribution in [1.82, 2.24) is 14.9 Å². The predicted molar refractivity (Wildman–Crippen MR) is 84.4 cm³/mol. The van der Waals surface area contributed by atoms with E-state index in [4.69, 9.17) is 0 Å². The Bertz CT molecular complexity index is 402. The minimum Gasteiger partial charge on any atom is -0.373 e. The first kappa shape index (κ1) is 15.0. The Hall–Kier alpha value is -1.36. The van der Waals surface area contributed by atoms with Crippen LogP contribution < -0.4 is 10.2 Å². The van der Waals surface area contributed by atoms with Gasteiger partial charge in [-0.2, -0.15) is 0 Å². The zero-order valence-corrected chi connectivity index (χ0v) is 13.2. The number of nitrogens with one attached hydrogen (secondary N) is 1. The van der Waals surface area contributed by atoms with Gasteiger partial charge in [-0.3, -0.25) is 4.90 Å². The molecule has 1 aliphatic heterocycles. The van der Waals surface area contributed by atoms with Crippen molar-refractivity contribution >= 4 is 11.6 Å². The second kappa shape index (κ2) is 6.88. The maximum atomic E-state index is 4.67. The first-order valence-corrected chi connectivity index (χ1v) is 7.65. The van der Waals surface area contributed by atoms with Crippen LogP contribution in [0.5, 0.6) is 0 Å². The number of hydrogen-bond donors (Lipinski definition) is 1. The van der Waals surface area contributed by atoms with Crippen molar-refractivity contribution in [2.24, 2.45) is 5.92 Å². The number of hydrogen-bond acceptors (Lipinski definition) is 5. The molecule has 1 aromatic rings. The van der Waals surface area contributed by atoms with Gasteiger partial charge in [0, 0.05) is 52.3 Å². The zero-order chi connectivity index (χ0) is 14.5. The molecule has 0 radical (unpaired) electrons. The largest absolute Gasteiger partial charge is 0.373 e. The SMILES string of the molecule is CCc1nc(NC)cc(N2CCN(CC(C)C)CC2)n1. The van der Waals surface area contributed by atoms with Crippen LogP contribution in [0, 0.1) is 5.92 Å². The molecule has 0 amide bonds. The highest BCUT2D eigenvalue weighted by molar-refractivity contribution is 5.49. The third-order valence-corrected chi connectivity index (χ3v) is 3.65. The number of rotatable bonds is 5. The van der Waals surface area contributed by atoms with Gasteiger partial charge in [0.2, 0.25) is 0 Å². The summed E-state index contributed by atoms with van der Waals surface area (Å²) < 4.78 is 0. The van der Waals surface area contributed by atoms with E-state index < -0.39 is 0 Å². The Balaban J connectivity index is 2.02. The molecule has 5 nitrogen and oxygen atoms in total. The van der Waals surface area contributed by atoms with Crippen molar-refractivity contribution in [2.45, 2.75) is 27.2 Å². The number of nitrogens with zero attached hydrogens (tertiary/aromatic N) is 4. The van der Waals surface area contributed by atoms with Crippen LogP contribution in [-0.4, -0.2) is 54.6 Å². The third kappa shape index (κ3) is 3.82. The lowest BCUT2D eigenvalue weighted by Gasteiger charge is -2.36. The fraction of sp³-hybridized carbons (Fsp3) is 0.733. The first-order chi connectivity index (χ1) is 9.62. The van der Waals surface area contributed by atoms with Crippen LogP contribution in [0.1, 0.15) is 26.6 Å². The number of aryl methyl sites for hydroxylation is 1. The fourth-order valence-corrected chi connectivity index (χ4v) is 2.61. The predicted octanol–water partition coefficient (Wildman–Crippen LogP) is 1.86. The Morgan fingerprint density at radius 2 is 1.90 bits per heavy atom. The minimum atomic E-state index is 0.739. The van der Waals surface area contributed by atoms with Crippen LogP contribution in [0.25, 0.3) is 0 Å². The Labute approximate surface area is 122 Å². The van der Waals surface area contributed by atoms with Gasteiger partial charge in [0.15, 0.2) is 0 Å². The second-order valence-corrected chi connectivity index (χ2v) is 5.81. The average Bonchev–Trinajstić information content (AvgIpc) is 2.46. The second-order valence-electron chi connectivity index (χ2n) is 5.81. The van der Waals surface area contributed by atoms with E-state index in [1.165, 1.54) is 6.54 Å². The van der Waals surface area contributed by atoms with Gasteiger partial charge < -0.3 is 10.2 Å². The normalized spacial score (nSPS) is 16.8. The molecule has 1 fully saturated rings. The van der Waals surface area contributed by atoms with Crippen molar-refractivity contribution in [1.29, 1.82) is 0 Å². The first-order valence-electron chi connectivity index (χ1n) is 7.65. The smallest absolute Gasteiger partial charge is 0.134 e. The average molecular weight is 277 g/mol. The van der Waals surface area contributed by atoms with Crippen molar-refractivity contribution in [2.75, 3.05) is 50.0 Å². The molecular weight excluding hydrogens is 250 g/mol. The number of anilines is 2. The Morgan fingerprint density at radius 1 is 1.20 bits per heavy atom. The fourth-order valence-electron chi connectivity index (χ4n) is 2.61. The summed E-state index contributed by atoms with van der Waals surface area (Å²) >= 11 is 0. The van der Waals surface area contributed by atoms with E-state index in [-0.39, 0.29) is 0 Å². The molecule has 2 heterocycles. The van der Waals surface area contributed by atoms with Crippen LogP contribution in [0.4, 0.5) is 11.6 Å². The van der Waals surface area contributed by atoms with Gasteiger partial charge in [0.1, 0.15) is 17.5 Å². The molecular formula is C15H27N5. The highest BCUT2D eigenvalue weighted by Gasteiger charge is 2.19. The van der Waals surface area contributed by atoms with Crippen molar-refractivity contribution in [3.8, 4) is 0 Å². The molecule has 0 aliphatic carbocycles. The molecule has 0 saturated carbocycles. The maximum absolute atomic E-state index is 4.67. The van der Waals surface area contributed by atoms with E-state index in [1.54, 1.807) is 0 Å². The van der Waals surface area contributed by atoms with Crippen LogP contribution in [-0.2, 0) is 6.42 Å². The van der Waals surface area contributed by atoms with Crippen LogP contribution in [0.15, 0.2) is 6.07 Å². The van der Waals surface area contributed by atoms with Gasteiger partial charge in [-0.1, -0.05) is 20.8 Å². The van der Waals surface area contributed by atoms with Crippen molar-refractivity contribution in [3.05, 3.63) is 11.9 Å². The van der Waals surface area contributed by atoms with Gasteiger partial charge in [-0.05, 0) is 5.92 Å². The van der Waals surface area contributed by atoms with Crippen LogP contribution in [0.2, 0.25) is 0 Å². The van der Waals surface area contributed by atoms with E-state index in [2.05, 4.69) is 51.9 Å².